The quantitative estimate of drug-likeness (QED) is 0.562. The summed E-state index contributed by atoms with van der Waals surface area (Å²) in [5.74, 6) is 4.68. The van der Waals surface area contributed by atoms with Crippen LogP contribution in [-0.2, 0) is 20.7 Å². The molecule has 0 spiro atoms. The van der Waals surface area contributed by atoms with Crippen molar-refractivity contribution in [2.75, 3.05) is 13.2 Å². The molecule has 6 nitrogen and oxygen atoms in total. The van der Waals surface area contributed by atoms with E-state index < -0.39 is 23.7 Å². The Bertz CT molecular complexity index is 704. The van der Waals surface area contributed by atoms with E-state index >= 15 is 0 Å². The van der Waals surface area contributed by atoms with E-state index in [1.54, 1.807) is 32.9 Å². The molecule has 1 N–H and O–H groups in total. The van der Waals surface area contributed by atoms with Crippen LogP contribution in [0.25, 0.3) is 0 Å². The predicted octanol–water partition coefficient (Wildman–Crippen LogP) is 2.70. The average Bonchev–Trinajstić information content (AvgIpc) is 2.60. The SMILES string of the molecule is C#CCOC(=O)[C@H](CCc1ccc(OCC#C)cc1)NC(=O)OC(C)(C)C. The summed E-state index contributed by atoms with van der Waals surface area (Å²) in [5, 5.41) is 2.54. The Labute approximate surface area is 160 Å². The highest BCUT2D eigenvalue weighted by Crippen LogP contribution is 2.15. The number of ether oxygens (including phenoxy) is 3. The van der Waals surface area contributed by atoms with Crippen LogP contribution in [0.4, 0.5) is 4.79 Å². The first-order chi connectivity index (χ1) is 12.7. The second-order valence-corrected chi connectivity index (χ2v) is 6.69. The maximum Gasteiger partial charge on any atom is 0.408 e. The van der Waals surface area contributed by atoms with Crippen LogP contribution in [-0.4, -0.2) is 36.9 Å². The third kappa shape index (κ3) is 9.23. The standard InChI is InChI=1S/C21H25NO5/c1-6-14-25-17-11-8-16(9-12-17)10-13-18(19(23)26-15-7-2)22-20(24)27-21(3,4)5/h1-2,8-9,11-12,18H,10,13-15H2,3-5H3,(H,22,24)/t18-/m0/s1. The number of hydrogen-bond donors (Lipinski definition) is 1. The van der Waals surface area contributed by atoms with Crippen molar-refractivity contribution < 1.29 is 23.8 Å². The van der Waals surface area contributed by atoms with Gasteiger partial charge in [-0.3, -0.25) is 0 Å². The number of nitrogens with one attached hydrogen (secondary N) is 1. The van der Waals surface area contributed by atoms with Crippen molar-refractivity contribution in [3.05, 3.63) is 29.8 Å². The number of esters is 1. The van der Waals surface area contributed by atoms with Crippen molar-refractivity contribution in [3.63, 3.8) is 0 Å². The molecule has 0 radical (unpaired) electrons. The number of benzene rings is 1. The Hall–Kier alpha value is -3.12. The van der Waals surface area contributed by atoms with Crippen LogP contribution in [0.2, 0.25) is 0 Å². The van der Waals surface area contributed by atoms with E-state index in [0.717, 1.165) is 5.56 Å². The van der Waals surface area contributed by atoms with Crippen molar-refractivity contribution in [3.8, 4) is 30.4 Å². The highest BCUT2D eigenvalue weighted by Gasteiger charge is 2.25. The van der Waals surface area contributed by atoms with Gasteiger partial charge in [0.15, 0.2) is 6.61 Å². The van der Waals surface area contributed by atoms with Crippen molar-refractivity contribution in [2.24, 2.45) is 0 Å². The Morgan fingerprint density at radius 1 is 1.11 bits per heavy atom. The summed E-state index contributed by atoms with van der Waals surface area (Å²) in [7, 11) is 0. The highest BCUT2D eigenvalue weighted by atomic mass is 16.6. The summed E-state index contributed by atoms with van der Waals surface area (Å²) in [5.41, 5.74) is 0.287. The molecular weight excluding hydrogens is 346 g/mol. The summed E-state index contributed by atoms with van der Waals surface area (Å²) >= 11 is 0. The molecule has 0 unspecified atom stereocenters. The van der Waals surface area contributed by atoms with E-state index in [1.165, 1.54) is 0 Å². The maximum absolute atomic E-state index is 12.2. The summed E-state index contributed by atoms with van der Waals surface area (Å²) < 4.78 is 15.5. The average molecular weight is 371 g/mol. The van der Waals surface area contributed by atoms with Crippen LogP contribution < -0.4 is 10.1 Å². The van der Waals surface area contributed by atoms with Gasteiger partial charge < -0.3 is 19.5 Å². The number of terminal acetylenes is 2. The lowest BCUT2D eigenvalue weighted by molar-refractivity contribution is -0.144. The monoisotopic (exact) mass is 371 g/mol. The number of aryl methyl sites for hydroxylation is 1. The van der Waals surface area contributed by atoms with Crippen LogP contribution in [0, 0.1) is 24.7 Å². The van der Waals surface area contributed by atoms with E-state index in [9.17, 15) is 9.59 Å². The van der Waals surface area contributed by atoms with Crippen molar-refractivity contribution in [2.45, 2.75) is 45.3 Å². The molecule has 6 heteroatoms. The third-order valence-corrected chi connectivity index (χ3v) is 3.24. The minimum atomic E-state index is -0.870. The zero-order valence-electron chi connectivity index (χ0n) is 15.9. The van der Waals surface area contributed by atoms with Gasteiger partial charge in [-0.15, -0.1) is 12.8 Å². The molecule has 0 fully saturated rings. The van der Waals surface area contributed by atoms with Crippen molar-refractivity contribution in [1.82, 2.24) is 5.32 Å². The molecule has 1 amide bonds. The fourth-order valence-electron chi connectivity index (χ4n) is 2.10. The van der Waals surface area contributed by atoms with Gasteiger partial charge in [-0.1, -0.05) is 24.0 Å². The van der Waals surface area contributed by atoms with Gasteiger partial charge in [-0.05, 0) is 51.3 Å². The zero-order valence-corrected chi connectivity index (χ0v) is 15.9. The number of alkyl carbamates (subject to hydrolysis) is 1. The summed E-state index contributed by atoms with van der Waals surface area (Å²) in [4.78, 5) is 24.2. The van der Waals surface area contributed by atoms with Gasteiger partial charge in [0.05, 0.1) is 0 Å². The second-order valence-electron chi connectivity index (χ2n) is 6.69. The molecule has 0 saturated heterocycles. The molecule has 0 aromatic heterocycles. The van der Waals surface area contributed by atoms with Crippen molar-refractivity contribution in [1.29, 1.82) is 0 Å². The third-order valence-electron chi connectivity index (χ3n) is 3.24. The highest BCUT2D eigenvalue weighted by molar-refractivity contribution is 5.81. The lowest BCUT2D eigenvalue weighted by atomic mass is 10.1. The van der Waals surface area contributed by atoms with Gasteiger partial charge in [0.2, 0.25) is 0 Å². The predicted molar refractivity (Wildman–Crippen MR) is 102 cm³/mol. The minimum absolute atomic E-state index is 0.160. The summed E-state index contributed by atoms with van der Waals surface area (Å²) in [6, 6.07) is 6.44. The van der Waals surface area contributed by atoms with E-state index in [2.05, 4.69) is 17.2 Å². The van der Waals surface area contributed by atoms with Crippen LogP contribution in [0.5, 0.6) is 5.75 Å². The Morgan fingerprint density at radius 3 is 2.30 bits per heavy atom. The molecule has 1 atom stereocenters. The van der Waals surface area contributed by atoms with Gasteiger partial charge in [0.25, 0.3) is 0 Å². The summed E-state index contributed by atoms with van der Waals surface area (Å²) in [6.07, 6.45) is 10.4. The molecule has 1 aromatic carbocycles. The number of carbonyl (C=O) groups is 2. The Kier molecular flexibility index (Phi) is 8.75. The van der Waals surface area contributed by atoms with E-state index in [0.29, 0.717) is 18.6 Å². The first kappa shape index (κ1) is 21.9. The normalized spacial score (nSPS) is 11.4. The van der Waals surface area contributed by atoms with E-state index in [-0.39, 0.29) is 13.2 Å². The van der Waals surface area contributed by atoms with Gasteiger partial charge in [-0.25, -0.2) is 9.59 Å². The smallest absolute Gasteiger partial charge is 0.408 e. The van der Waals surface area contributed by atoms with E-state index in [4.69, 9.17) is 27.1 Å². The Morgan fingerprint density at radius 2 is 1.74 bits per heavy atom. The van der Waals surface area contributed by atoms with Crippen molar-refractivity contribution >= 4 is 12.1 Å². The zero-order chi connectivity index (χ0) is 20.3. The van der Waals surface area contributed by atoms with Crippen LogP contribution >= 0.6 is 0 Å². The number of carbonyl (C=O) groups excluding carboxylic acids is 2. The number of rotatable bonds is 8. The first-order valence-corrected chi connectivity index (χ1v) is 8.50. The van der Waals surface area contributed by atoms with Crippen LogP contribution in [0.15, 0.2) is 24.3 Å². The fraction of sp³-hybridized carbons (Fsp3) is 0.429. The fourth-order valence-corrected chi connectivity index (χ4v) is 2.10. The lowest BCUT2D eigenvalue weighted by Crippen LogP contribution is -2.44. The second kappa shape index (κ2) is 10.8. The molecule has 0 aliphatic rings. The molecule has 144 valence electrons. The topological polar surface area (TPSA) is 73.9 Å². The first-order valence-electron chi connectivity index (χ1n) is 8.50. The molecule has 1 aromatic rings. The molecule has 0 saturated carbocycles. The van der Waals surface area contributed by atoms with Gasteiger partial charge >= 0.3 is 12.1 Å². The summed E-state index contributed by atoms with van der Waals surface area (Å²) in [6.45, 7) is 5.25. The molecular formula is C21H25NO5. The number of amides is 1. The molecule has 0 aliphatic carbocycles. The van der Waals surface area contributed by atoms with Gasteiger partial charge in [0.1, 0.15) is 24.0 Å². The lowest BCUT2D eigenvalue weighted by Gasteiger charge is -2.22. The van der Waals surface area contributed by atoms with E-state index in [1.807, 2.05) is 12.1 Å². The molecule has 0 bridgehead atoms. The maximum atomic E-state index is 12.2. The largest absolute Gasteiger partial charge is 0.481 e. The minimum Gasteiger partial charge on any atom is -0.481 e. The van der Waals surface area contributed by atoms with Crippen LogP contribution in [0.1, 0.15) is 32.8 Å². The number of hydrogen-bond acceptors (Lipinski definition) is 5. The van der Waals surface area contributed by atoms with Gasteiger partial charge in [-0.2, -0.15) is 0 Å². The molecule has 27 heavy (non-hydrogen) atoms. The van der Waals surface area contributed by atoms with Gasteiger partial charge in [0, 0.05) is 0 Å². The molecule has 1 rings (SSSR count). The van der Waals surface area contributed by atoms with Crippen LogP contribution in [0.3, 0.4) is 0 Å². The Balaban J connectivity index is 2.70. The molecule has 0 heterocycles. The molecule has 0 aliphatic heterocycles.